The molecule has 0 N–H and O–H groups in total. The second kappa shape index (κ2) is 11.8. The molecule has 0 spiro atoms. The van der Waals surface area contributed by atoms with Gasteiger partial charge >= 0.3 is 0 Å². The molecule has 0 saturated carbocycles. The summed E-state index contributed by atoms with van der Waals surface area (Å²) in [7, 11) is 0. The lowest BCUT2D eigenvalue weighted by atomic mass is 9.99. The summed E-state index contributed by atoms with van der Waals surface area (Å²) < 4.78 is 14.7. The van der Waals surface area contributed by atoms with Crippen LogP contribution >= 0.6 is 0 Å². The Hall–Kier alpha value is -8.00. The average molecular weight is 704 g/mol. The van der Waals surface area contributed by atoms with Gasteiger partial charge in [0.25, 0.3) is 0 Å². The molecule has 0 atom stereocenters. The van der Waals surface area contributed by atoms with Crippen molar-refractivity contribution in [3.05, 3.63) is 169 Å². The molecule has 0 bridgehead atoms. The first-order chi connectivity index (χ1) is 27.2. The van der Waals surface area contributed by atoms with Gasteiger partial charge in [-0.15, -0.1) is 0 Å². The van der Waals surface area contributed by atoms with Crippen LogP contribution in [0.5, 0.6) is 0 Å². The fourth-order valence-electron chi connectivity index (χ4n) is 8.04. The number of hydrogen-bond donors (Lipinski definition) is 0. The van der Waals surface area contributed by atoms with Crippen molar-refractivity contribution in [2.45, 2.75) is 0 Å². The minimum atomic E-state index is 0.326. The zero-order valence-corrected chi connectivity index (χ0v) is 29.0. The smallest absolute Gasteiger partial charge is 0.211 e. The molecule has 7 heteroatoms. The van der Waals surface area contributed by atoms with Gasteiger partial charge in [-0.3, -0.25) is 0 Å². The second-order valence-electron chi connectivity index (χ2n) is 13.5. The molecule has 0 fully saturated rings. The first-order valence-electron chi connectivity index (χ1n) is 17.8. The summed E-state index contributed by atoms with van der Waals surface area (Å²) in [5, 5.41) is 16.9. The molecule has 0 unspecified atom stereocenters. The summed E-state index contributed by atoms with van der Waals surface area (Å²) in [5.41, 5.74) is 9.64. The highest BCUT2D eigenvalue weighted by Gasteiger charge is 2.23. The molecule has 0 radical (unpaired) electrons. The molecule has 11 aromatic rings. The van der Waals surface area contributed by atoms with Crippen molar-refractivity contribution in [2.24, 2.45) is 0 Å². The molecule has 11 rings (SSSR count). The summed E-state index contributed by atoms with van der Waals surface area (Å²) in [6, 6.07) is 52.2. The van der Waals surface area contributed by atoms with E-state index in [0.717, 1.165) is 76.8 Å². The highest BCUT2D eigenvalue weighted by molar-refractivity contribution is 6.24. The topological polar surface area (TPSA) is 85.1 Å². The summed E-state index contributed by atoms with van der Waals surface area (Å²) in [6.45, 7) is 8.49. The fraction of sp³-hybridized carbons (Fsp3) is 0. The fourth-order valence-corrected chi connectivity index (χ4v) is 8.04. The van der Waals surface area contributed by atoms with E-state index in [-0.39, 0.29) is 0 Å². The van der Waals surface area contributed by atoms with E-state index in [1.54, 1.807) is 0 Å². The second-order valence-corrected chi connectivity index (χ2v) is 13.5. The Morgan fingerprint density at radius 2 is 1.18 bits per heavy atom. The highest BCUT2D eigenvalue weighted by atomic mass is 16.3. The first-order valence-corrected chi connectivity index (χ1v) is 17.8. The first kappa shape index (κ1) is 30.6. The van der Waals surface area contributed by atoms with Crippen molar-refractivity contribution in [3.8, 4) is 45.7 Å². The average Bonchev–Trinajstić information content (AvgIpc) is 3.92. The van der Waals surface area contributed by atoms with Crippen LogP contribution in [-0.4, -0.2) is 14.5 Å². The number of nitriles is 1. The Bertz CT molecular complexity index is 3470. The van der Waals surface area contributed by atoms with Crippen molar-refractivity contribution >= 4 is 71.4 Å². The van der Waals surface area contributed by atoms with Gasteiger partial charge in [-0.1, -0.05) is 97.1 Å². The number of nitrogens with zero attached hydrogens (tertiary/aromatic N) is 5. The number of furan rings is 2. The van der Waals surface area contributed by atoms with E-state index in [1.165, 1.54) is 0 Å². The summed E-state index contributed by atoms with van der Waals surface area (Å²) in [6.07, 6.45) is 0. The van der Waals surface area contributed by atoms with E-state index >= 15 is 0 Å². The summed E-state index contributed by atoms with van der Waals surface area (Å²) >= 11 is 0. The Kier molecular flexibility index (Phi) is 6.54. The maximum Gasteiger partial charge on any atom is 0.211 e. The zero-order valence-electron chi connectivity index (χ0n) is 29.0. The molecule has 7 aromatic carbocycles. The van der Waals surface area contributed by atoms with E-state index in [4.69, 9.17) is 25.4 Å². The van der Waals surface area contributed by atoms with Gasteiger partial charge in [0.05, 0.1) is 40.1 Å². The predicted molar refractivity (Wildman–Crippen MR) is 218 cm³/mol. The molecule has 4 aromatic heterocycles. The number of benzene rings is 7. The van der Waals surface area contributed by atoms with Gasteiger partial charge in [0.1, 0.15) is 34.0 Å². The highest BCUT2D eigenvalue weighted by Crippen LogP contribution is 2.44. The van der Waals surface area contributed by atoms with Gasteiger partial charge in [-0.25, -0.2) is 14.8 Å². The van der Waals surface area contributed by atoms with Crippen molar-refractivity contribution in [1.82, 2.24) is 14.5 Å². The summed E-state index contributed by atoms with van der Waals surface area (Å²) in [5.74, 6) is 0.445. The van der Waals surface area contributed by atoms with Crippen LogP contribution in [0, 0.1) is 17.9 Å². The lowest BCUT2D eigenvalue weighted by Gasteiger charge is -2.15. The molecule has 55 heavy (non-hydrogen) atoms. The Morgan fingerprint density at radius 3 is 1.98 bits per heavy atom. The lowest BCUT2D eigenvalue weighted by Crippen LogP contribution is -2.01. The van der Waals surface area contributed by atoms with Crippen LogP contribution in [0.25, 0.3) is 110 Å². The van der Waals surface area contributed by atoms with Crippen LogP contribution in [0.1, 0.15) is 5.56 Å². The van der Waals surface area contributed by atoms with Crippen molar-refractivity contribution in [2.75, 3.05) is 0 Å². The molecular formula is C48H25N5O2. The molecule has 0 saturated heterocycles. The number of hydrogen-bond acceptors (Lipinski definition) is 5. The predicted octanol–water partition coefficient (Wildman–Crippen LogP) is 12.8. The van der Waals surface area contributed by atoms with Gasteiger partial charge in [-0.05, 0) is 60.2 Å². The van der Waals surface area contributed by atoms with Crippen LogP contribution in [0.15, 0.2) is 160 Å². The van der Waals surface area contributed by atoms with Gasteiger partial charge in [0.2, 0.25) is 5.69 Å². The van der Waals surface area contributed by atoms with E-state index in [1.807, 2.05) is 127 Å². The standard InChI is InChI=1S/C48H25N5O2/c1-50-37-25-29(20-23-39(37)53-38-16-8-5-13-31(38)34-22-24-42-44(47(34)53)35-15-7-10-18-41(35)54-42)46-36(27-49)45(28-11-3-2-4-12-28)51-48(52-46)30-19-21-33-32-14-6-9-17-40(32)55-43(33)26-30/h2-26H. The zero-order chi connectivity index (χ0) is 36.6. The van der Waals surface area contributed by atoms with E-state index in [9.17, 15) is 5.26 Å². The van der Waals surface area contributed by atoms with E-state index in [0.29, 0.717) is 39.7 Å². The third-order valence-corrected chi connectivity index (χ3v) is 10.5. The number of para-hydroxylation sites is 3. The third kappa shape index (κ3) is 4.54. The largest absolute Gasteiger partial charge is 0.456 e. The molecule has 0 aliphatic rings. The maximum atomic E-state index is 10.7. The molecule has 0 aliphatic heterocycles. The summed E-state index contributed by atoms with van der Waals surface area (Å²) in [4.78, 5) is 14.2. The number of aromatic nitrogens is 3. The number of rotatable bonds is 4. The molecule has 0 amide bonds. The van der Waals surface area contributed by atoms with Crippen molar-refractivity contribution in [3.63, 3.8) is 0 Å². The molecule has 254 valence electrons. The Morgan fingerprint density at radius 1 is 0.545 bits per heavy atom. The van der Waals surface area contributed by atoms with Crippen LogP contribution in [0.4, 0.5) is 5.69 Å². The normalized spacial score (nSPS) is 11.6. The van der Waals surface area contributed by atoms with Crippen LogP contribution in [-0.2, 0) is 0 Å². The van der Waals surface area contributed by atoms with Gasteiger partial charge in [-0.2, -0.15) is 5.26 Å². The third-order valence-electron chi connectivity index (χ3n) is 10.5. The minimum Gasteiger partial charge on any atom is -0.456 e. The van der Waals surface area contributed by atoms with E-state index < -0.39 is 0 Å². The molecule has 4 heterocycles. The molecule has 7 nitrogen and oxygen atoms in total. The maximum absolute atomic E-state index is 10.7. The molecule has 0 aliphatic carbocycles. The monoisotopic (exact) mass is 703 g/mol. The van der Waals surface area contributed by atoms with Gasteiger partial charge < -0.3 is 13.4 Å². The SMILES string of the molecule is [C-]#[N+]c1cc(-c2nc(-c3ccc4c(c3)oc3ccccc34)nc(-c3ccccc3)c2C#N)ccc1-n1c2ccccc2c2ccc3oc4ccccc4c3c21. The number of fused-ring (bicyclic) bond motifs is 10. The quantitative estimate of drug-likeness (QED) is 0.170. The van der Waals surface area contributed by atoms with Crippen molar-refractivity contribution in [1.29, 1.82) is 5.26 Å². The van der Waals surface area contributed by atoms with Crippen LogP contribution in [0.3, 0.4) is 0 Å². The Labute approximate surface area is 313 Å². The van der Waals surface area contributed by atoms with Crippen LogP contribution < -0.4 is 0 Å². The van der Waals surface area contributed by atoms with Gasteiger partial charge in [0, 0.05) is 38.1 Å². The molecular weight excluding hydrogens is 679 g/mol. The van der Waals surface area contributed by atoms with Crippen molar-refractivity contribution < 1.29 is 8.83 Å². The minimum absolute atomic E-state index is 0.326. The van der Waals surface area contributed by atoms with Crippen LogP contribution in [0.2, 0.25) is 0 Å². The lowest BCUT2D eigenvalue weighted by molar-refractivity contribution is 0.668. The van der Waals surface area contributed by atoms with Gasteiger partial charge in [0.15, 0.2) is 5.82 Å². The van der Waals surface area contributed by atoms with E-state index in [2.05, 4.69) is 39.7 Å². The Balaban J connectivity index is 1.16.